The average molecular weight is 475 g/mol. The molecule has 2 rings (SSSR count). The summed E-state index contributed by atoms with van der Waals surface area (Å²) in [5, 5.41) is 14.2. The molecule has 1 aliphatic rings. The van der Waals surface area contributed by atoms with Crippen LogP contribution in [-0.4, -0.2) is 71.1 Å². The predicted octanol–water partition coefficient (Wildman–Crippen LogP) is 1.26. The molecule has 1 unspecified atom stereocenters. The van der Waals surface area contributed by atoms with E-state index in [1.165, 1.54) is 4.90 Å². The van der Waals surface area contributed by atoms with Crippen molar-refractivity contribution in [2.45, 2.75) is 38.5 Å². The largest absolute Gasteiger partial charge is 0.401 e. The molecule has 1 aliphatic heterocycles. The maximum atomic E-state index is 12.4. The fourth-order valence-corrected chi connectivity index (χ4v) is 2.77. The summed E-state index contributed by atoms with van der Waals surface area (Å²) in [6.07, 6.45) is -0.986. The molecule has 1 saturated heterocycles. The minimum Gasteiger partial charge on any atom is -0.355 e. The topological polar surface area (TPSA) is 70.4 Å². The average Bonchev–Trinajstić information content (AvgIpc) is 3.13. The summed E-state index contributed by atoms with van der Waals surface area (Å²) in [5.41, 5.74) is 0. The highest BCUT2D eigenvalue weighted by Crippen LogP contribution is 2.19. The number of nitrogens with zero attached hydrogens (tertiary/aromatic N) is 5. The molecule has 25 heavy (non-hydrogen) atoms. The summed E-state index contributed by atoms with van der Waals surface area (Å²) in [6.45, 7) is 3.29. The highest BCUT2D eigenvalue weighted by Gasteiger charge is 2.34. The van der Waals surface area contributed by atoms with Gasteiger partial charge in [0.1, 0.15) is 12.2 Å². The van der Waals surface area contributed by atoms with Crippen molar-refractivity contribution < 1.29 is 13.2 Å². The lowest BCUT2D eigenvalue weighted by Crippen LogP contribution is -2.45. The van der Waals surface area contributed by atoms with Gasteiger partial charge >= 0.3 is 6.18 Å². The first-order valence-corrected chi connectivity index (χ1v) is 8.04. The molecular weight excluding hydrogens is 450 g/mol. The quantitative estimate of drug-likeness (QED) is 0.369. The predicted molar refractivity (Wildman–Crippen MR) is 100 cm³/mol. The Kier molecular flexibility index (Phi) is 8.89. The normalized spacial score (nSPS) is 18.9. The third kappa shape index (κ3) is 7.34. The molecule has 11 heteroatoms. The van der Waals surface area contributed by atoms with E-state index in [4.69, 9.17) is 0 Å². The van der Waals surface area contributed by atoms with Crippen molar-refractivity contribution in [2.75, 3.05) is 33.2 Å². The van der Waals surface area contributed by atoms with Crippen molar-refractivity contribution in [3.8, 4) is 0 Å². The summed E-state index contributed by atoms with van der Waals surface area (Å²) in [6, 6.07) is -0.0281. The van der Waals surface area contributed by atoms with E-state index in [0.717, 1.165) is 12.2 Å². The molecule has 0 amide bonds. The van der Waals surface area contributed by atoms with Crippen LogP contribution in [0.3, 0.4) is 0 Å². The number of alkyl halides is 3. The summed E-state index contributed by atoms with van der Waals surface area (Å²) in [5.74, 6) is 1.51. The van der Waals surface area contributed by atoms with Crippen LogP contribution in [0.5, 0.6) is 0 Å². The Balaban J connectivity index is 0.00000312. The molecule has 2 heterocycles. The Hall–Kier alpha value is -1.11. The minimum atomic E-state index is -4.15. The first kappa shape index (κ1) is 21.9. The van der Waals surface area contributed by atoms with Crippen molar-refractivity contribution in [1.82, 2.24) is 30.3 Å². The van der Waals surface area contributed by atoms with Crippen LogP contribution in [0.4, 0.5) is 13.2 Å². The van der Waals surface area contributed by atoms with Crippen molar-refractivity contribution in [1.29, 1.82) is 0 Å². The van der Waals surface area contributed by atoms with E-state index in [-0.39, 0.29) is 30.0 Å². The van der Waals surface area contributed by atoms with Crippen LogP contribution in [0.15, 0.2) is 11.3 Å². The number of likely N-dealkylation sites (tertiary alicyclic amines) is 1. The molecule has 0 saturated carbocycles. The molecule has 0 aromatic carbocycles. The zero-order valence-electron chi connectivity index (χ0n) is 14.4. The van der Waals surface area contributed by atoms with Crippen LogP contribution in [0.1, 0.15) is 19.2 Å². The molecule has 144 valence electrons. The van der Waals surface area contributed by atoms with Crippen molar-refractivity contribution in [3.63, 3.8) is 0 Å². The summed E-state index contributed by atoms with van der Waals surface area (Å²) in [4.78, 5) is 5.54. The number of nitrogens with one attached hydrogen (secondary N) is 2. The summed E-state index contributed by atoms with van der Waals surface area (Å²) >= 11 is 0. The highest BCUT2D eigenvalue weighted by atomic mass is 127. The lowest BCUT2D eigenvalue weighted by molar-refractivity contribution is -0.143. The molecule has 0 aliphatic carbocycles. The van der Waals surface area contributed by atoms with Gasteiger partial charge in [-0.15, -0.1) is 34.2 Å². The standard InChI is InChI=1S/C14H24F3N7.HI/c1-3-12-22-20-10-24(12)7-5-19-13(18-2)21-11-4-6-23(8-11)9-14(15,16)17;/h10-11H,3-9H2,1-2H3,(H2,18,19,21);1H. The van der Waals surface area contributed by atoms with Crippen molar-refractivity contribution >= 4 is 29.9 Å². The number of aromatic nitrogens is 3. The Morgan fingerprint density at radius 3 is 2.84 bits per heavy atom. The third-order valence-electron chi connectivity index (χ3n) is 3.90. The SMILES string of the molecule is CCc1nncn1CCNC(=NC)NC1CCN(CC(F)(F)F)C1.I. The van der Waals surface area contributed by atoms with Crippen molar-refractivity contribution in [3.05, 3.63) is 12.2 Å². The zero-order chi connectivity index (χ0) is 17.6. The van der Waals surface area contributed by atoms with E-state index in [2.05, 4.69) is 25.8 Å². The van der Waals surface area contributed by atoms with Gasteiger partial charge in [-0.2, -0.15) is 13.2 Å². The van der Waals surface area contributed by atoms with Gasteiger partial charge in [0.15, 0.2) is 5.96 Å². The van der Waals surface area contributed by atoms with Crippen LogP contribution < -0.4 is 10.6 Å². The van der Waals surface area contributed by atoms with Crippen LogP contribution in [-0.2, 0) is 13.0 Å². The van der Waals surface area contributed by atoms with E-state index < -0.39 is 12.7 Å². The van der Waals surface area contributed by atoms with Crippen LogP contribution in [0, 0.1) is 0 Å². The molecule has 0 spiro atoms. The number of rotatable bonds is 6. The van der Waals surface area contributed by atoms with Crippen LogP contribution >= 0.6 is 24.0 Å². The fourth-order valence-electron chi connectivity index (χ4n) is 2.77. The highest BCUT2D eigenvalue weighted by molar-refractivity contribution is 14.0. The number of halogens is 4. The van der Waals surface area contributed by atoms with Gasteiger partial charge in [-0.3, -0.25) is 9.89 Å². The molecule has 1 fully saturated rings. The second kappa shape index (κ2) is 10.1. The molecule has 0 bridgehead atoms. The third-order valence-corrected chi connectivity index (χ3v) is 3.90. The summed E-state index contributed by atoms with van der Waals surface area (Å²) in [7, 11) is 1.65. The van der Waals surface area contributed by atoms with E-state index >= 15 is 0 Å². The molecular formula is C14H25F3IN7. The molecule has 1 atom stereocenters. The van der Waals surface area contributed by atoms with E-state index in [0.29, 0.717) is 38.6 Å². The van der Waals surface area contributed by atoms with Crippen LogP contribution in [0.25, 0.3) is 0 Å². The van der Waals surface area contributed by atoms with Gasteiger partial charge in [-0.25, -0.2) is 0 Å². The first-order valence-electron chi connectivity index (χ1n) is 8.04. The molecule has 1 aromatic heterocycles. The molecule has 2 N–H and O–H groups in total. The van der Waals surface area contributed by atoms with Gasteiger partial charge < -0.3 is 15.2 Å². The van der Waals surface area contributed by atoms with E-state index in [1.54, 1.807) is 13.4 Å². The minimum absolute atomic E-state index is 0. The maximum Gasteiger partial charge on any atom is 0.401 e. The Labute approximate surface area is 162 Å². The van der Waals surface area contributed by atoms with Gasteiger partial charge in [0.2, 0.25) is 0 Å². The molecule has 1 aromatic rings. The number of guanidine groups is 1. The number of hydrogen-bond acceptors (Lipinski definition) is 4. The molecule has 7 nitrogen and oxygen atoms in total. The Morgan fingerprint density at radius 2 is 2.20 bits per heavy atom. The van der Waals surface area contributed by atoms with E-state index in [9.17, 15) is 13.2 Å². The Bertz CT molecular complexity index is 547. The smallest absolute Gasteiger partial charge is 0.355 e. The number of aryl methyl sites for hydroxylation is 1. The van der Waals surface area contributed by atoms with Gasteiger partial charge in [0, 0.05) is 45.7 Å². The summed E-state index contributed by atoms with van der Waals surface area (Å²) < 4.78 is 39.2. The first-order chi connectivity index (χ1) is 11.4. The second-order valence-electron chi connectivity index (χ2n) is 5.77. The fraction of sp³-hybridized carbons (Fsp3) is 0.786. The van der Waals surface area contributed by atoms with Gasteiger partial charge in [0.05, 0.1) is 6.54 Å². The van der Waals surface area contributed by atoms with E-state index in [1.807, 2.05) is 11.5 Å². The monoisotopic (exact) mass is 475 g/mol. The Morgan fingerprint density at radius 1 is 1.44 bits per heavy atom. The number of aliphatic imine (C=N–C) groups is 1. The second-order valence-corrected chi connectivity index (χ2v) is 5.77. The lowest BCUT2D eigenvalue weighted by Gasteiger charge is -2.20. The maximum absolute atomic E-state index is 12.4. The van der Waals surface area contributed by atoms with Crippen molar-refractivity contribution in [2.24, 2.45) is 4.99 Å². The number of hydrogen-bond donors (Lipinski definition) is 2. The van der Waals surface area contributed by atoms with Gasteiger partial charge in [0.25, 0.3) is 0 Å². The van der Waals surface area contributed by atoms with Gasteiger partial charge in [-0.1, -0.05) is 6.92 Å². The zero-order valence-corrected chi connectivity index (χ0v) is 16.7. The van der Waals surface area contributed by atoms with Gasteiger partial charge in [-0.05, 0) is 6.42 Å². The van der Waals surface area contributed by atoms with Crippen LogP contribution in [0.2, 0.25) is 0 Å². The molecule has 0 radical (unpaired) electrons. The lowest BCUT2D eigenvalue weighted by atomic mass is 10.3.